The van der Waals surface area contributed by atoms with Crippen LogP contribution < -0.4 is 5.32 Å². The first-order valence-electron chi connectivity index (χ1n) is 6.14. The number of hydrogen-bond acceptors (Lipinski definition) is 5. The Morgan fingerprint density at radius 1 is 1.26 bits per heavy atom. The van der Waals surface area contributed by atoms with Crippen LogP contribution in [0.1, 0.15) is 16.7 Å². The highest BCUT2D eigenvalue weighted by atomic mass is 32.1. The van der Waals surface area contributed by atoms with Gasteiger partial charge in [-0.2, -0.15) is 0 Å². The molecule has 0 amide bonds. The van der Waals surface area contributed by atoms with Crippen LogP contribution in [0, 0.1) is 0 Å². The van der Waals surface area contributed by atoms with E-state index < -0.39 is 0 Å². The van der Waals surface area contributed by atoms with E-state index in [9.17, 15) is 0 Å². The Balaban J connectivity index is 1.89. The molecule has 1 unspecified atom stereocenters. The third-order valence-corrected chi connectivity index (χ3v) is 4.16. The Labute approximate surface area is 115 Å². The number of nitrogens with zero attached hydrogens (tertiary/aromatic N) is 3. The monoisotopic (exact) mass is 270 g/mol. The van der Waals surface area contributed by atoms with Crippen molar-refractivity contribution < 1.29 is 0 Å². The average Bonchev–Trinajstić information content (AvgIpc) is 2.89. The number of thiazole rings is 1. The maximum absolute atomic E-state index is 4.69. The summed E-state index contributed by atoms with van der Waals surface area (Å²) in [5, 5.41) is 4.41. The summed E-state index contributed by atoms with van der Waals surface area (Å²) in [6.45, 7) is 0. The van der Waals surface area contributed by atoms with Crippen LogP contribution >= 0.6 is 11.3 Å². The lowest BCUT2D eigenvalue weighted by molar-refractivity contribution is 0.581. The van der Waals surface area contributed by atoms with Gasteiger partial charge in [0.1, 0.15) is 11.3 Å². The van der Waals surface area contributed by atoms with Crippen LogP contribution in [-0.4, -0.2) is 22.0 Å². The number of hydrogen-bond donors (Lipinski definition) is 1. The Morgan fingerprint density at radius 3 is 2.89 bits per heavy atom. The first kappa shape index (κ1) is 12.2. The predicted octanol–water partition coefficient (Wildman–Crippen LogP) is 2.59. The Hall–Kier alpha value is -1.85. The van der Waals surface area contributed by atoms with Crippen molar-refractivity contribution in [2.24, 2.45) is 0 Å². The van der Waals surface area contributed by atoms with Crippen LogP contribution in [0.15, 0.2) is 42.9 Å². The summed E-state index contributed by atoms with van der Waals surface area (Å²) in [7, 11) is 1.96. The summed E-state index contributed by atoms with van der Waals surface area (Å²) in [4.78, 5) is 12.9. The smallest absolute Gasteiger partial charge is 0.115 e. The maximum Gasteiger partial charge on any atom is 0.115 e. The zero-order valence-corrected chi connectivity index (χ0v) is 11.4. The van der Waals surface area contributed by atoms with Gasteiger partial charge in [-0.25, -0.2) is 15.0 Å². The lowest BCUT2D eigenvalue weighted by Gasteiger charge is -2.12. The molecule has 19 heavy (non-hydrogen) atoms. The van der Waals surface area contributed by atoms with Gasteiger partial charge in [0.25, 0.3) is 0 Å². The molecule has 0 saturated carbocycles. The normalized spacial score (nSPS) is 12.7. The second kappa shape index (κ2) is 5.42. The molecular weight excluding hydrogens is 256 g/mol. The first-order valence-corrected chi connectivity index (χ1v) is 6.96. The molecule has 96 valence electrons. The average molecular weight is 270 g/mol. The molecule has 0 aliphatic rings. The molecule has 3 aromatic rings. The molecule has 1 atom stereocenters. The molecule has 0 fully saturated rings. The van der Waals surface area contributed by atoms with E-state index in [4.69, 9.17) is 4.98 Å². The number of para-hydroxylation sites is 1. The summed E-state index contributed by atoms with van der Waals surface area (Å²) in [6, 6.07) is 10.3. The highest BCUT2D eigenvalue weighted by molar-refractivity contribution is 7.18. The third kappa shape index (κ3) is 2.62. The summed E-state index contributed by atoms with van der Waals surface area (Å²) in [6.07, 6.45) is 4.17. The summed E-state index contributed by atoms with van der Waals surface area (Å²) in [5.74, 6) is 0. The van der Waals surface area contributed by atoms with Crippen LogP contribution in [0.25, 0.3) is 10.2 Å². The number of benzene rings is 1. The fourth-order valence-corrected chi connectivity index (χ4v) is 3.08. The van der Waals surface area contributed by atoms with Crippen LogP contribution in [0.5, 0.6) is 0 Å². The van der Waals surface area contributed by atoms with Gasteiger partial charge in [0.05, 0.1) is 16.3 Å². The molecule has 5 heteroatoms. The van der Waals surface area contributed by atoms with Crippen molar-refractivity contribution in [1.29, 1.82) is 0 Å². The molecule has 3 rings (SSSR count). The van der Waals surface area contributed by atoms with E-state index in [-0.39, 0.29) is 6.04 Å². The van der Waals surface area contributed by atoms with Crippen molar-refractivity contribution >= 4 is 21.6 Å². The Morgan fingerprint density at radius 2 is 2.16 bits per heavy atom. The molecule has 0 saturated heterocycles. The minimum Gasteiger partial charge on any atom is -0.311 e. The van der Waals surface area contributed by atoms with Gasteiger partial charge in [-0.05, 0) is 25.2 Å². The summed E-state index contributed by atoms with van der Waals surface area (Å²) >= 11 is 1.73. The molecule has 4 nitrogen and oxygen atoms in total. The minimum atomic E-state index is 0.187. The zero-order valence-electron chi connectivity index (χ0n) is 10.6. The molecule has 0 spiro atoms. The van der Waals surface area contributed by atoms with Gasteiger partial charge < -0.3 is 5.32 Å². The van der Waals surface area contributed by atoms with Crippen LogP contribution in [0.2, 0.25) is 0 Å². The molecule has 0 bridgehead atoms. The predicted molar refractivity (Wildman–Crippen MR) is 77.2 cm³/mol. The largest absolute Gasteiger partial charge is 0.311 e. The number of nitrogens with one attached hydrogen (secondary N) is 1. The van der Waals surface area contributed by atoms with E-state index in [0.29, 0.717) is 0 Å². The van der Waals surface area contributed by atoms with Gasteiger partial charge in [0, 0.05) is 18.3 Å². The minimum absolute atomic E-state index is 0.187. The lowest BCUT2D eigenvalue weighted by Crippen LogP contribution is -2.19. The molecule has 0 aliphatic carbocycles. The van der Waals surface area contributed by atoms with Crippen LogP contribution in [0.4, 0.5) is 0 Å². The standard InChI is InChI=1S/C14H14N4S/c1-15-12(8-10-6-7-16-9-17-10)14-18-11-4-2-3-5-13(11)19-14/h2-7,9,12,15H,8H2,1H3. The van der Waals surface area contributed by atoms with E-state index in [0.717, 1.165) is 22.6 Å². The summed E-state index contributed by atoms with van der Waals surface area (Å²) in [5.41, 5.74) is 2.08. The quantitative estimate of drug-likeness (QED) is 0.791. The van der Waals surface area contributed by atoms with Gasteiger partial charge >= 0.3 is 0 Å². The van der Waals surface area contributed by atoms with Crippen molar-refractivity contribution in [2.45, 2.75) is 12.5 Å². The molecule has 1 N–H and O–H groups in total. The van der Waals surface area contributed by atoms with Crippen molar-refractivity contribution in [2.75, 3.05) is 7.05 Å². The fourth-order valence-electron chi connectivity index (χ4n) is 2.00. The van der Waals surface area contributed by atoms with Crippen LogP contribution in [0.3, 0.4) is 0 Å². The molecule has 2 heterocycles. The van der Waals surface area contributed by atoms with E-state index in [2.05, 4.69) is 21.4 Å². The Kier molecular flexibility index (Phi) is 3.48. The highest BCUT2D eigenvalue weighted by Crippen LogP contribution is 2.27. The van der Waals surface area contributed by atoms with Gasteiger partial charge in [0.15, 0.2) is 0 Å². The lowest BCUT2D eigenvalue weighted by atomic mass is 10.1. The number of rotatable bonds is 4. The topological polar surface area (TPSA) is 50.7 Å². The highest BCUT2D eigenvalue weighted by Gasteiger charge is 2.15. The van der Waals surface area contributed by atoms with E-state index in [1.807, 2.05) is 31.3 Å². The second-order valence-corrected chi connectivity index (χ2v) is 5.33. The SMILES string of the molecule is CNC(Cc1ccncn1)c1nc2ccccc2s1. The van der Waals surface area contributed by atoms with Crippen molar-refractivity contribution in [3.8, 4) is 0 Å². The van der Waals surface area contributed by atoms with E-state index >= 15 is 0 Å². The summed E-state index contributed by atoms with van der Waals surface area (Å²) < 4.78 is 1.22. The molecule has 0 radical (unpaired) electrons. The van der Waals surface area contributed by atoms with E-state index in [1.165, 1.54) is 4.70 Å². The third-order valence-electron chi connectivity index (χ3n) is 3.01. The van der Waals surface area contributed by atoms with E-state index in [1.54, 1.807) is 23.9 Å². The molecule has 1 aromatic carbocycles. The maximum atomic E-state index is 4.69. The Bertz CT molecular complexity index is 632. The molecule has 0 aliphatic heterocycles. The van der Waals surface area contributed by atoms with Gasteiger partial charge in [-0.3, -0.25) is 0 Å². The van der Waals surface area contributed by atoms with Crippen LogP contribution in [-0.2, 0) is 6.42 Å². The number of aromatic nitrogens is 3. The second-order valence-electron chi connectivity index (χ2n) is 4.27. The number of likely N-dealkylation sites (N-methyl/N-ethyl adjacent to an activating group) is 1. The van der Waals surface area contributed by atoms with Gasteiger partial charge in [-0.1, -0.05) is 12.1 Å². The first-order chi connectivity index (χ1) is 9.36. The van der Waals surface area contributed by atoms with Crippen molar-refractivity contribution in [3.05, 3.63) is 53.6 Å². The van der Waals surface area contributed by atoms with Crippen molar-refractivity contribution in [3.63, 3.8) is 0 Å². The van der Waals surface area contributed by atoms with Gasteiger partial charge in [-0.15, -0.1) is 11.3 Å². The number of fused-ring (bicyclic) bond motifs is 1. The fraction of sp³-hybridized carbons (Fsp3) is 0.214. The molecule has 2 aromatic heterocycles. The molecular formula is C14H14N4S. The zero-order chi connectivity index (χ0) is 13.1. The van der Waals surface area contributed by atoms with Crippen molar-refractivity contribution in [1.82, 2.24) is 20.3 Å². The van der Waals surface area contributed by atoms with Gasteiger partial charge in [0.2, 0.25) is 0 Å².